The van der Waals surface area contributed by atoms with Crippen molar-refractivity contribution in [2.24, 2.45) is 34.8 Å². The molecule has 14 atom stereocenters. The van der Waals surface area contributed by atoms with Gasteiger partial charge in [0.25, 0.3) is 0 Å². The predicted octanol–water partition coefficient (Wildman–Crippen LogP) is 3.20. The van der Waals surface area contributed by atoms with Gasteiger partial charge in [-0.05, 0) is 152 Å². The largest absolute Gasteiger partial charge is 0.370 e. The van der Waals surface area contributed by atoms with Gasteiger partial charge in [-0.3, -0.25) is 77.9 Å². The lowest BCUT2D eigenvalue weighted by Gasteiger charge is -2.32. The van der Waals surface area contributed by atoms with E-state index in [0.717, 1.165) is 16.3 Å². The van der Waals surface area contributed by atoms with Crippen LogP contribution in [0.5, 0.6) is 0 Å². The standard InChI is InChI=1S/C103H138N22O14/c1-5-66(4)88(122-87(126)64-110-63-73-43-25-42-72-41-21-22-44-74(72)73)98(136)121-81(57-65(2)3)99(137)123-54-28-48-84(123)95(133)116-78(58-67-31-11-6-12-32-67)92(130)114-76(45-23-24-51-104)91(129)119-82(61-70-37-17-9-18-38-70)100(138)124-55-29-50-86(124)97(135)118-80(60-69-35-15-8-16-36-69)94(132)120-83(62-71-39-19-10-20-40-71)101(139)125-56-30-49-85(125)96(134)117-79(59-68-33-13-7-14-34-68)93(131)115-77(47-27-53-112-103(108)109)90(128)113-75(89(105)127)46-26-52-111-102(106)107/h6-22,25,31-44,65-66,75-86,88,110H,5,23-24,26-30,45-64,104H2,1-4H3,(H2,105,127)(H,113,128)(H,114,130)(H,115,131)(H,116,133)(H,117,134)(H,118,135)(H,119,129)(H,120,132)(H,121,136)(H,122,126)(H4,106,107,111)(H4,108,109,112)/t66-,75-,76-,77-,78-,79-,80-,81-,82-,83-,84-,85-,86-,88-/m0/s1. The summed E-state index contributed by atoms with van der Waals surface area (Å²) in [7, 11) is 0. The molecule has 3 heterocycles. The SMILES string of the molecule is CC[C@H](C)[C@H](NC(=O)CNCc1cccc2ccccc12)C(=O)N[C@@H](CC(C)C)C(=O)N1CCC[C@H]1C(=O)N[C@@H](Cc1ccccc1)C(=O)N[C@@H](CCCCN)C(=O)N[C@@H](Cc1ccccc1)C(=O)N1CCC[C@H]1C(=O)N[C@@H](Cc1ccccc1)C(=O)N[C@@H](Cc1ccccc1)C(=O)N1CCC[C@H]1C(=O)N[C@@H](Cc1ccccc1)C(=O)N[C@@H](CCCNC(=N)N)C(=O)N[C@@H](CCCNC(=N)N)C(N)=O. The molecule has 3 aliphatic rings. The summed E-state index contributed by atoms with van der Waals surface area (Å²) in [5.41, 5.74) is 26.9. The lowest BCUT2D eigenvalue weighted by molar-refractivity contribution is -0.143. The molecular weight excluding hydrogens is 1770 g/mol. The summed E-state index contributed by atoms with van der Waals surface area (Å²) < 4.78 is 0. The first-order valence-electron chi connectivity index (χ1n) is 48.4. The summed E-state index contributed by atoms with van der Waals surface area (Å²) >= 11 is 0. The number of benzene rings is 7. The first-order valence-corrected chi connectivity index (χ1v) is 48.4. The van der Waals surface area contributed by atoms with Crippen LogP contribution in [0.15, 0.2) is 194 Å². The van der Waals surface area contributed by atoms with Crippen molar-refractivity contribution in [1.29, 1.82) is 10.8 Å². The Morgan fingerprint density at radius 1 is 0.374 bits per heavy atom. The van der Waals surface area contributed by atoms with E-state index in [2.05, 4.69) is 69.1 Å². The minimum absolute atomic E-state index is 0.0254. The van der Waals surface area contributed by atoms with Crippen LogP contribution in [-0.2, 0) is 106 Å². The van der Waals surface area contributed by atoms with E-state index in [1.807, 2.05) is 70.2 Å². The van der Waals surface area contributed by atoms with Crippen molar-refractivity contribution in [3.8, 4) is 0 Å². The number of hydrogen-bond acceptors (Lipinski definition) is 18. The fourth-order valence-corrected chi connectivity index (χ4v) is 18.0. The fourth-order valence-electron chi connectivity index (χ4n) is 18.0. The molecule has 0 bridgehead atoms. The summed E-state index contributed by atoms with van der Waals surface area (Å²) in [5, 5.41) is 54.7. The molecule has 36 nitrogen and oxygen atoms in total. The van der Waals surface area contributed by atoms with Crippen LogP contribution in [0.1, 0.15) is 157 Å². The van der Waals surface area contributed by atoms with Crippen LogP contribution in [0.2, 0.25) is 0 Å². The molecule has 7 aromatic rings. The van der Waals surface area contributed by atoms with Crippen molar-refractivity contribution in [1.82, 2.24) is 83.8 Å². The van der Waals surface area contributed by atoms with E-state index in [9.17, 15) is 24.0 Å². The monoisotopic (exact) mass is 1910 g/mol. The van der Waals surface area contributed by atoms with E-state index >= 15 is 43.2 Å². The van der Waals surface area contributed by atoms with Crippen LogP contribution in [0.4, 0.5) is 0 Å². The molecule has 3 aliphatic heterocycles. The Balaban J connectivity index is 0.844. The summed E-state index contributed by atoms with van der Waals surface area (Å²) in [6.07, 6.45) is 3.08. The predicted molar refractivity (Wildman–Crippen MR) is 529 cm³/mol. The number of nitrogens with two attached hydrogens (primary N) is 4. The topological polar surface area (TPSA) is 557 Å². The number of rotatable bonds is 53. The van der Waals surface area contributed by atoms with Gasteiger partial charge in [-0.15, -0.1) is 0 Å². The Labute approximate surface area is 812 Å². The molecule has 3 saturated heterocycles. The van der Waals surface area contributed by atoms with E-state index in [1.54, 1.807) is 152 Å². The third kappa shape index (κ3) is 33.1. The summed E-state index contributed by atoms with van der Waals surface area (Å²) in [6, 6.07) is 41.8. The second-order valence-electron chi connectivity index (χ2n) is 36.5. The van der Waals surface area contributed by atoms with Crippen molar-refractivity contribution >= 4 is 105 Å². The Kier molecular flexibility index (Phi) is 42.1. The number of nitrogens with zero attached hydrogens (tertiary/aromatic N) is 3. The first kappa shape index (κ1) is 107. The summed E-state index contributed by atoms with van der Waals surface area (Å²) in [6.45, 7) is 8.67. The molecule has 23 N–H and O–H groups in total. The second kappa shape index (κ2) is 54.7. The smallest absolute Gasteiger partial charge is 0.246 e. The molecule has 14 amide bonds. The Hall–Kier alpha value is -14.2. The van der Waals surface area contributed by atoms with Crippen molar-refractivity contribution < 1.29 is 67.1 Å². The number of fused-ring (bicyclic) bond motifs is 1. The lowest BCUT2D eigenvalue weighted by atomic mass is 9.96. The number of nitrogens with one attached hydrogen (secondary N) is 15. The molecule has 0 saturated carbocycles. The zero-order valence-electron chi connectivity index (χ0n) is 79.8. The van der Waals surface area contributed by atoms with Crippen LogP contribution in [0.3, 0.4) is 0 Å². The number of carbonyl (C=O) groups excluding carboxylic acids is 14. The molecule has 0 spiro atoms. The molecule has 0 radical (unpaired) electrons. The van der Waals surface area contributed by atoms with Gasteiger partial charge in [-0.25, -0.2) is 0 Å². The first-order chi connectivity index (χ1) is 66.9. The highest BCUT2D eigenvalue weighted by Gasteiger charge is 2.45. The highest BCUT2D eigenvalue weighted by Crippen LogP contribution is 2.27. The molecule has 7 aromatic carbocycles. The third-order valence-corrected chi connectivity index (χ3v) is 25.5. The van der Waals surface area contributed by atoms with E-state index in [1.165, 1.54) is 14.7 Å². The van der Waals surface area contributed by atoms with Crippen molar-refractivity contribution in [2.75, 3.05) is 45.8 Å². The number of unbranched alkanes of at least 4 members (excludes halogenated alkanes) is 1. The normalized spacial score (nSPS) is 16.9. The highest BCUT2D eigenvalue weighted by atomic mass is 16.2. The quantitative estimate of drug-likeness (QED) is 0.0148. The maximum atomic E-state index is 15.7. The molecule has 0 aromatic heterocycles. The van der Waals surface area contributed by atoms with Crippen LogP contribution >= 0.6 is 0 Å². The number of hydrogen-bond donors (Lipinski definition) is 19. The van der Waals surface area contributed by atoms with Gasteiger partial charge in [-0.2, -0.15) is 0 Å². The summed E-state index contributed by atoms with van der Waals surface area (Å²) in [4.78, 5) is 212. The zero-order valence-corrected chi connectivity index (χ0v) is 79.8. The van der Waals surface area contributed by atoms with E-state index < -0.39 is 161 Å². The van der Waals surface area contributed by atoms with Crippen LogP contribution in [-0.4, -0.2) is 234 Å². The van der Waals surface area contributed by atoms with Crippen molar-refractivity contribution in [3.63, 3.8) is 0 Å². The zero-order chi connectivity index (χ0) is 99.9. The van der Waals surface area contributed by atoms with Gasteiger partial charge in [-0.1, -0.05) is 228 Å². The average Bonchev–Trinajstić information content (AvgIpc) is 1.69. The van der Waals surface area contributed by atoms with Crippen LogP contribution in [0.25, 0.3) is 10.8 Å². The van der Waals surface area contributed by atoms with Gasteiger partial charge in [0.1, 0.15) is 78.5 Å². The number of likely N-dealkylation sites (tertiary alicyclic amines) is 3. The molecular formula is C103H138N22O14. The van der Waals surface area contributed by atoms with E-state index in [-0.39, 0.29) is 159 Å². The number of carbonyl (C=O) groups is 14. The number of amides is 14. The van der Waals surface area contributed by atoms with Gasteiger partial charge in [0.05, 0.1) is 6.54 Å². The average molecular weight is 1910 g/mol. The third-order valence-electron chi connectivity index (χ3n) is 25.5. The molecule has 10 rings (SSSR count). The second-order valence-corrected chi connectivity index (χ2v) is 36.5. The van der Waals surface area contributed by atoms with Crippen LogP contribution in [0, 0.1) is 22.7 Å². The molecule has 0 unspecified atom stereocenters. The molecule has 139 heavy (non-hydrogen) atoms. The highest BCUT2D eigenvalue weighted by molar-refractivity contribution is 6.01. The Morgan fingerprint density at radius 2 is 0.712 bits per heavy atom. The van der Waals surface area contributed by atoms with Gasteiger partial charge in [0.2, 0.25) is 82.7 Å². The van der Waals surface area contributed by atoms with Gasteiger partial charge >= 0.3 is 0 Å². The van der Waals surface area contributed by atoms with Gasteiger partial charge < -0.3 is 107 Å². The van der Waals surface area contributed by atoms with Crippen molar-refractivity contribution in [2.45, 2.75) is 241 Å². The Bertz CT molecular complexity index is 5290. The van der Waals surface area contributed by atoms with Gasteiger partial charge in [0.15, 0.2) is 11.9 Å². The summed E-state index contributed by atoms with van der Waals surface area (Å²) in [5.74, 6) is -10.7. The fraction of sp³-hybridized carbons (Fsp3) is 0.456. The van der Waals surface area contributed by atoms with Crippen molar-refractivity contribution in [3.05, 3.63) is 228 Å². The Morgan fingerprint density at radius 3 is 1.09 bits per heavy atom. The molecule has 0 aliphatic carbocycles. The maximum absolute atomic E-state index is 15.7. The van der Waals surface area contributed by atoms with Gasteiger partial charge in [0, 0.05) is 71.4 Å². The van der Waals surface area contributed by atoms with E-state index in [4.69, 9.17) is 33.8 Å². The number of primary amides is 1. The van der Waals surface area contributed by atoms with Crippen LogP contribution < -0.4 is 92.1 Å². The molecule has 744 valence electrons. The molecule has 3 fully saturated rings. The molecule has 36 heteroatoms. The minimum Gasteiger partial charge on any atom is -0.370 e. The maximum Gasteiger partial charge on any atom is 0.246 e. The number of guanidine groups is 2. The lowest BCUT2D eigenvalue weighted by Crippen LogP contribution is -2.61. The minimum atomic E-state index is -1.41. The van der Waals surface area contributed by atoms with E-state index in [0.29, 0.717) is 72.9 Å².